The largest absolute Gasteiger partial charge is 0.293 e. The molecule has 0 spiro atoms. The van der Waals surface area contributed by atoms with Crippen LogP contribution in [0.2, 0.25) is 19.6 Å². The summed E-state index contributed by atoms with van der Waals surface area (Å²) in [6, 6.07) is 0. The van der Waals surface area contributed by atoms with Gasteiger partial charge in [0.05, 0.1) is 4.63 Å². The third-order valence-corrected chi connectivity index (χ3v) is 5.75. The zero-order chi connectivity index (χ0) is 9.35. The molecular weight excluding hydrogens is 186 g/mol. The standard InChI is InChI=1S/C8H13NOSSi/c1-6(10)7-5-11-8(9-7)12(2,3)4/h5H,1-4H3. The predicted octanol–water partition coefficient (Wildman–Crippen LogP) is 1.89. The first-order valence-corrected chi connectivity index (χ1v) is 8.26. The Bertz CT molecular complexity index is 300. The highest BCUT2D eigenvalue weighted by molar-refractivity contribution is 7.24. The quantitative estimate of drug-likeness (QED) is 0.538. The molecule has 0 aliphatic carbocycles. The Morgan fingerprint density at radius 1 is 1.50 bits per heavy atom. The minimum atomic E-state index is -1.30. The van der Waals surface area contributed by atoms with Crippen LogP contribution < -0.4 is 4.63 Å². The summed E-state index contributed by atoms with van der Waals surface area (Å²) in [6.45, 7) is 8.25. The molecule has 2 nitrogen and oxygen atoms in total. The minimum Gasteiger partial charge on any atom is -0.293 e. The van der Waals surface area contributed by atoms with E-state index in [4.69, 9.17) is 0 Å². The number of ketones is 1. The van der Waals surface area contributed by atoms with Crippen molar-refractivity contribution in [2.75, 3.05) is 0 Å². The number of hydrogen-bond acceptors (Lipinski definition) is 3. The van der Waals surface area contributed by atoms with Gasteiger partial charge in [-0.3, -0.25) is 4.79 Å². The number of aromatic nitrogens is 1. The van der Waals surface area contributed by atoms with Crippen LogP contribution in [-0.4, -0.2) is 18.8 Å². The average Bonchev–Trinajstić information content (AvgIpc) is 2.30. The van der Waals surface area contributed by atoms with Crippen LogP contribution in [0.1, 0.15) is 17.4 Å². The van der Waals surface area contributed by atoms with Gasteiger partial charge < -0.3 is 0 Å². The van der Waals surface area contributed by atoms with Crippen molar-refractivity contribution in [3.63, 3.8) is 0 Å². The highest BCUT2D eigenvalue weighted by Gasteiger charge is 2.21. The molecule has 0 fully saturated rings. The van der Waals surface area contributed by atoms with E-state index in [0.717, 1.165) is 4.63 Å². The van der Waals surface area contributed by atoms with Crippen LogP contribution in [-0.2, 0) is 0 Å². The number of carbonyl (C=O) groups is 1. The van der Waals surface area contributed by atoms with E-state index in [-0.39, 0.29) is 5.78 Å². The molecule has 0 saturated carbocycles. The van der Waals surface area contributed by atoms with Gasteiger partial charge in [-0.1, -0.05) is 19.6 Å². The van der Waals surface area contributed by atoms with Gasteiger partial charge >= 0.3 is 0 Å². The van der Waals surface area contributed by atoms with Crippen LogP contribution in [0, 0.1) is 0 Å². The molecule has 0 bridgehead atoms. The second-order valence-electron chi connectivity index (χ2n) is 3.84. The fourth-order valence-corrected chi connectivity index (χ4v) is 3.42. The molecule has 0 N–H and O–H groups in total. The normalized spacial score (nSPS) is 11.7. The summed E-state index contributed by atoms with van der Waals surface area (Å²) in [4.78, 5) is 15.3. The highest BCUT2D eigenvalue weighted by Crippen LogP contribution is 2.08. The van der Waals surface area contributed by atoms with Gasteiger partial charge in [0, 0.05) is 12.3 Å². The monoisotopic (exact) mass is 199 g/mol. The number of nitrogens with zero attached hydrogens (tertiary/aromatic N) is 1. The summed E-state index contributed by atoms with van der Waals surface area (Å²) in [7, 11) is -1.30. The number of hydrogen-bond donors (Lipinski definition) is 0. The maximum absolute atomic E-state index is 10.9. The molecule has 0 aliphatic heterocycles. The Morgan fingerprint density at radius 2 is 2.08 bits per heavy atom. The Kier molecular flexibility index (Phi) is 2.48. The maximum atomic E-state index is 10.9. The lowest BCUT2D eigenvalue weighted by molar-refractivity contribution is 0.101. The van der Waals surface area contributed by atoms with Crippen LogP contribution in [0.5, 0.6) is 0 Å². The lowest BCUT2D eigenvalue weighted by Gasteiger charge is -2.10. The van der Waals surface area contributed by atoms with E-state index in [2.05, 4.69) is 24.6 Å². The fraction of sp³-hybridized carbons (Fsp3) is 0.500. The number of Topliss-reactive ketones (excluding diaryl/α,β-unsaturated/α-hetero) is 1. The molecule has 0 amide bonds. The summed E-state index contributed by atoms with van der Waals surface area (Å²) in [6.07, 6.45) is 0. The molecule has 0 saturated heterocycles. The first-order chi connectivity index (χ1) is 5.41. The second-order valence-corrected chi connectivity index (χ2v) is 10.0. The average molecular weight is 199 g/mol. The van der Waals surface area contributed by atoms with Crippen molar-refractivity contribution >= 4 is 29.8 Å². The van der Waals surface area contributed by atoms with E-state index in [1.807, 2.05) is 5.38 Å². The summed E-state index contributed by atoms with van der Waals surface area (Å²) < 4.78 is 1.16. The van der Waals surface area contributed by atoms with Gasteiger partial charge in [0.2, 0.25) is 0 Å². The SMILES string of the molecule is CC(=O)c1csc([Si](C)(C)C)n1. The molecule has 1 aromatic heterocycles. The van der Waals surface area contributed by atoms with Gasteiger partial charge in [-0.2, -0.15) is 0 Å². The second kappa shape index (κ2) is 3.10. The first kappa shape index (κ1) is 9.60. The van der Waals surface area contributed by atoms with E-state index in [1.54, 1.807) is 18.3 Å². The minimum absolute atomic E-state index is 0.0655. The molecule has 12 heavy (non-hydrogen) atoms. The van der Waals surface area contributed by atoms with Crippen molar-refractivity contribution in [3.05, 3.63) is 11.1 Å². The van der Waals surface area contributed by atoms with Gasteiger partial charge in [-0.25, -0.2) is 4.98 Å². The van der Waals surface area contributed by atoms with Crippen molar-refractivity contribution in [1.29, 1.82) is 0 Å². The molecule has 0 radical (unpaired) electrons. The van der Waals surface area contributed by atoms with Crippen LogP contribution in [0.25, 0.3) is 0 Å². The zero-order valence-corrected chi connectivity index (χ0v) is 9.66. The number of rotatable bonds is 2. The molecule has 1 rings (SSSR count). The molecule has 0 aliphatic rings. The third kappa shape index (κ3) is 2.01. The van der Waals surface area contributed by atoms with Crippen molar-refractivity contribution in [1.82, 2.24) is 4.98 Å². The topological polar surface area (TPSA) is 30.0 Å². The Balaban J connectivity index is 3.00. The van der Waals surface area contributed by atoms with E-state index in [0.29, 0.717) is 5.69 Å². The van der Waals surface area contributed by atoms with Crippen LogP contribution in [0.15, 0.2) is 5.38 Å². The van der Waals surface area contributed by atoms with Gasteiger partial charge in [0.1, 0.15) is 13.8 Å². The smallest absolute Gasteiger partial charge is 0.178 e. The maximum Gasteiger partial charge on any atom is 0.178 e. The zero-order valence-electron chi connectivity index (χ0n) is 7.84. The Hall–Kier alpha value is -0.483. The lowest BCUT2D eigenvalue weighted by atomic mass is 10.4. The van der Waals surface area contributed by atoms with Gasteiger partial charge in [0.15, 0.2) is 5.78 Å². The van der Waals surface area contributed by atoms with E-state index >= 15 is 0 Å². The van der Waals surface area contributed by atoms with Crippen LogP contribution in [0.3, 0.4) is 0 Å². The van der Waals surface area contributed by atoms with Gasteiger partial charge in [-0.15, -0.1) is 11.3 Å². The number of carbonyl (C=O) groups excluding carboxylic acids is 1. The van der Waals surface area contributed by atoms with Crippen LogP contribution >= 0.6 is 11.3 Å². The molecule has 1 heterocycles. The third-order valence-electron chi connectivity index (χ3n) is 1.51. The molecule has 66 valence electrons. The summed E-state index contributed by atoms with van der Waals surface area (Å²) in [5, 5.41) is 1.86. The lowest BCUT2D eigenvalue weighted by Crippen LogP contribution is -2.37. The van der Waals surface area contributed by atoms with Crippen molar-refractivity contribution < 1.29 is 4.79 Å². The summed E-state index contributed by atoms with van der Waals surface area (Å²) in [5.74, 6) is 0.0655. The molecule has 4 heteroatoms. The van der Waals surface area contributed by atoms with E-state index in [1.165, 1.54) is 0 Å². The summed E-state index contributed by atoms with van der Waals surface area (Å²) >= 11 is 1.61. The van der Waals surface area contributed by atoms with E-state index in [9.17, 15) is 4.79 Å². The Morgan fingerprint density at radius 3 is 2.33 bits per heavy atom. The van der Waals surface area contributed by atoms with Crippen molar-refractivity contribution in [2.45, 2.75) is 26.6 Å². The molecule has 1 aromatic rings. The molecule has 0 aromatic carbocycles. The summed E-state index contributed by atoms with van der Waals surface area (Å²) in [5.41, 5.74) is 0.623. The van der Waals surface area contributed by atoms with Crippen molar-refractivity contribution in [3.8, 4) is 0 Å². The molecular formula is C8H13NOSSi. The first-order valence-electron chi connectivity index (χ1n) is 3.88. The van der Waals surface area contributed by atoms with Gasteiger partial charge in [0.25, 0.3) is 0 Å². The Labute approximate surface area is 77.7 Å². The van der Waals surface area contributed by atoms with Crippen molar-refractivity contribution in [2.24, 2.45) is 0 Å². The number of thiazole rings is 1. The van der Waals surface area contributed by atoms with Gasteiger partial charge in [-0.05, 0) is 0 Å². The van der Waals surface area contributed by atoms with Crippen LogP contribution in [0.4, 0.5) is 0 Å². The van der Waals surface area contributed by atoms with E-state index < -0.39 is 8.07 Å². The highest BCUT2D eigenvalue weighted by atomic mass is 32.1. The molecule has 0 atom stereocenters. The fourth-order valence-electron chi connectivity index (χ4n) is 0.780. The predicted molar refractivity (Wildman–Crippen MR) is 55.1 cm³/mol. The molecule has 0 unspecified atom stereocenters.